The molecule has 0 bridgehead atoms. The normalized spacial score (nSPS) is 15.1. The molecule has 1 atom stereocenters. The quantitative estimate of drug-likeness (QED) is 0.166. The Morgan fingerprint density at radius 3 is 1.72 bits per heavy atom. The van der Waals surface area contributed by atoms with Crippen molar-refractivity contribution in [2.24, 2.45) is 11.3 Å². The van der Waals surface area contributed by atoms with Crippen LogP contribution in [0.25, 0.3) is 11.1 Å². The third-order valence-corrected chi connectivity index (χ3v) is 10.1. The Balaban J connectivity index is 0.000000167. The van der Waals surface area contributed by atoms with Gasteiger partial charge in [-0.25, -0.2) is 6.08 Å². The Labute approximate surface area is 295 Å². The second kappa shape index (κ2) is 14.9. The SMILES string of the molecule is CC(C)(C)c1[c-]c2c(cc1)-c1ccc(C(C)(C)C)cc1C2.CCC1[C-]=CC(C(C)(C)C)=C1.[Zr+2]=[C](c1ccccc1)c1ccccc1. The summed E-state index contributed by atoms with van der Waals surface area (Å²) in [6, 6.07) is 36.3. The molecule has 0 heterocycles. The van der Waals surface area contributed by atoms with E-state index in [9.17, 15) is 0 Å². The third-order valence-electron chi connectivity index (χ3n) is 8.73. The summed E-state index contributed by atoms with van der Waals surface area (Å²) in [7, 11) is 0. The fourth-order valence-corrected chi connectivity index (χ4v) is 6.44. The Kier molecular flexibility index (Phi) is 11.6. The zero-order valence-corrected chi connectivity index (χ0v) is 32.3. The first-order chi connectivity index (χ1) is 21.6. The van der Waals surface area contributed by atoms with Crippen LogP contribution in [0, 0.1) is 23.5 Å². The third kappa shape index (κ3) is 9.35. The Bertz CT molecular complexity index is 1580. The van der Waals surface area contributed by atoms with Gasteiger partial charge in [-0.3, -0.25) is 6.08 Å². The summed E-state index contributed by atoms with van der Waals surface area (Å²) in [5.74, 6) is 0.573. The summed E-state index contributed by atoms with van der Waals surface area (Å²) in [4.78, 5) is 0. The summed E-state index contributed by atoms with van der Waals surface area (Å²) in [5.41, 5.74) is 13.1. The molecule has 4 aromatic rings. The molecule has 0 nitrogen and oxygen atoms in total. The standard InChI is InChI=1S/C21H25.C13H10.C11H17.Zr/c1-20(2,3)16-7-9-18-14(12-16)11-15-13-17(21(4,5)6)8-10-19(15)18;1-3-7-12(8-4-1)11-13-9-5-2-6-10-13;1-5-9-6-7-10(8-9)11(2,3)4;/h7-10,12H,11H2,1-6H3;1-10H;7-9H,5H2,1-4H3;/q-1;;-1;+2. The van der Waals surface area contributed by atoms with E-state index in [1.165, 1.54) is 83.9 Å². The molecule has 0 aliphatic heterocycles. The van der Waals surface area contributed by atoms with E-state index in [1.54, 1.807) is 0 Å². The van der Waals surface area contributed by atoms with Gasteiger partial charge in [-0.1, -0.05) is 111 Å². The van der Waals surface area contributed by atoms with E-state index < -0.39 is 0 Å². The molecule has 0 fully saturated rings. The van der Waals surface area contributed by atoms with Crippen molar-refractivity contribution >= 4 is 3.21 Å². The summed E-state index contributed by atoms with van der Waals surface area (Å²) < 4.78 is 1.42. The second-order valence-electron chi connectivity index (χ2n) is 15.6. The molecule has 0 N–H and O–H groups in total. The van der Waals surface area contributed by atoms with Gasteiger partial charge in [0, 0.05) is 0 Å². The molecule has 6 rings (SSSR count). The predicted octanol–water partition coefficient (Wildman–Crippen LogP) is 11.8. The van der Waals surface area contributed by atoms with Crippen molar-refractivity contribution in [1.82, 2.24) is 0 Å². The number of fused-ring (bicyclic) bond motifs is 3. The molecule has 4 aromatic carbocycles. The van der Waals surface area contributed by atoms with Crippen LogP contribution in [0.2, 0.25) is 0 Å². The van der Waals surface area contributed by atoms with E-state index in [1.807, 2.05) is 0 Å². The molecule has 0 spiro atoms. The Morgan fingerprint density at radius 1 is 0.696 bits per heavy atom. The molecule has 0 saturated heterocycles. The zero-order chi connectivity index (χ0) is 33.7. The molecule has 0 saturated carbocycles. The number of allylic oxidation sites excluding steroid dienone is 4. The first-order valence-electron chi connectivity index (χ1n) is 16.8. The van der Waals surface area contributed by atoms with E-state index in [0.29, 0.717) is 11.3 Å². The van der Waals surface area contributed by atoms with E-state index in [-0.39, 0.29) is 10.8 Å². The molecule has 46 heavy (non-hydrogen) atoms. The summed E-state index contributed by atoms with van der Waals surface area (Å²) in [5, 5.41) is 0. The van der Waals surface area contributed by atoms with Crippen molar-refractivity contribution in [3.8, 4) is 11.1 Å². The van der Waals surface area contributed by atoms with Crippen LogP contribution in [0.3, 0.4) is 0 Å². The predicted molar refractivity (Wildman–Crippen MR) is 196 cm³/mol. The van der Waals surface area contributed by atoms with Gasteiger partial charge in [0.15, 0.2) is 0 Å². The summed E-state index contributed by atoms with van der Waals surface area (Å²) in [6.07, 6.45) is 10.0. The van der Waals surface area contributed by atoms with Gasteiger partial charge in [-0.15, -0.1) is 11.1 Å². The maximum absolute atomic E-state index is 3.67. The number of hydrogen-bond acceptors (Lipinski definition) is 0. The number of hydrogen-bond donors (Lipinski definition) is 0. The van der Waals surface area contributed by atoms with E-state index in [4.69, 9.17) is 0 Å². The van der Waals surface area contributed by atoms with E-state index >= 15 is 0 Å². The Morgan fingerprint density at radius 2 is 1.26 bits per heavy atom. The number of rotatable bonds is 3. The van der Waals surface area contributed by atoms with Gasteiger partial charge in [0.05, 0.1) is 0 Å². The first kappa shape index (κ1) is 36.0. The monoisotopic (exact) mass is 682 g/mol. The van der Waals surface area contributed by atoms with E-state index in [2.05, 4.69) is 185 Å². The Hall–Kier alpha value is -2.89. The van der Waals surface area contributed by atoms with Crippen molar-refractivity contribution in [3.63, 3.8) is 0 Å². The molecule has 2 aliphatic carbocycles. The van der Waals surface area contributed by atoms with Gasteiger partial charge < -0.3 is 0 Å². The average molecular weight is 684 g/mol. The van der Waals surface area contributed by atoms with Crippen LogP contribution in [-0.2, 0) is 41.5 Å². The van der Waals surface area contributed by atoms with Crippen LogP contribution < -0.4 is 0 Å². The van der Waals surface area contributed by atoms with Crippen LogP contribution in [0.15, 0.2) is 109 Å². The first-order valence-corrected chi connectivity index (χ1v) is 18.0. The fourth-order valence-electron chi connectivity index (χ4n) is 5.62. The second-order valence-corrected chi connectivity index (χ2v) is 16.8. The average Bonchev–Trinajstić information content (AvgIpc) is 3.66. The van der Waals surface area contributed by atoms with Gasteiger partial charge in [-0.2, -0.15) is 35.4 Å². The number of benzene rings is 4. The molecule has 1 unspecified atom stereocenters. The molecule has 0 radical (unpaired) electrons. The van der Waals surface area contributed by atoms with Crippen molar-refractivity contribution in [1.29, 1.82) is 0 Å². The van der Waals surface area contributed by atoms with Gasteiger partial charge in [0.2, 0.25) is 0 Å². The van der Waals surface area contributed by atoms with Crippen LogP contribution in [0.5, 0.6) is 0 Å². The van der Waals surface area contributed by atoms with Crippen LogP contribution in [-0.4, -0.2) is 3.21 Å². The van der Waals surface area contributed by atoms with Crippen LogP contribution in [0.1, 0.15) is 109 Å². The molecule has 0 aromatic heterocycles. The zero-order valence-electron chi connectivity index (χ0n) is 29.8. The minimum atomic E-state index is 0.167. The van der Waals surface area contributed by atoms with Crippen LogP contribution >= 0.6 is 0 Å². The molecule has 236 valence electrons. The van der Waals surface area contributed by atoms with E-state index in [0.717, 1.165) is 6.42 Å². The molecular formula is C45H52Zr. The molecule has 2 aliphatic rings. The molecular weight excluding hydrogens is 632 g/mol. The maximum atomic E-state index is 3.67. The van der Waals surface area contributed by atoms with Gasteiger partial charge in [0.1, 0.15) is 0 Å². The van der Waals surface area contributed by atoms with Crippen molar-refractivity contribution in [3.05, 3.63) is 154 Å². The van der Waals surface area contributed by atoms with Gasteiger partial charge in [0.25, 0.3) is 0 Å². The molecule has 0 amide bonds. The van der Waals surface area contributed by atoms with Crippen molar-refractivity contribution in [2.75, 3.05) is 0 Å². The van der Waals surface area contributed by atoms with Gasteiger partial charge in [-0.05, 0) is 28.4 Å². The van der Waals surface area contributed by atoms with Crippen molar-refractivity contribution in [2.45, 2.75) is 92.9 Å². The topological polar surface area (TPSA) is 0 Å². The van der Waals surface area contributed by atoms with Gasteiger partial charge >= 0.3 is 99.2 Å². The summed E-state index contributed by atoms with van der Waals surface area (Å²) >= 11 is 1.46. The molecule has 1 heteroatoms. The van der Waals surface area contributed by atoms with Crippen LogP contribution in [0.4, 0.5) is 0 Å². The summed E-state index contributed by atoms with van der Waals surface area (Å²) in [6.45, 7) is 22.5. The van der Waals surface area contributed by atoms with Crippen molar-refractivity contribution < 1.29 is 24.2 Å². The minimum absolute atomic E-state index is 0.167. The fraction of sp³-hybridized carbons (Fsp3) is 0.356.